The van der Waals surface area contributed by atoms with E-state index in [2.05, 4.69) is 0 Å². The average molecular weight is 279 g/mol. The molecule has 3 unspecified atom stereocenters. The molecule has 0 aromatic heterocycles. The number of carboxylic acids is 1. The molecule has 3 heterocycles. The van der Waals surface area contributed by atoms with E-state index >= 15 is 0 Å². The van der Waals surface area contributed by atoms with Crippen LogP contribution >= 0.6 is 0 Å². The smallest absolute Gasteiger partial charge is 0.308 e. The maximum Gasteiger partial charge on any atom is 0.308 e. The van der Waals surface area contributed by atoms with Crippen LogP contribution in [0.5, 0.6) is 0 Å². The molecule has 0 spiro atoms. The predicted octanol–water partition coefficient (Wildman–Crippen LogP) is 1.12. The summed E-state index contributed by atoms with van der Waals surface area (Å²) >= 11 is 0. The van der Waals surface area contributed by atoms with E-state index in [4.69, 9.17) is 4.74 Å². The summed E-state index contributed by atoms with van der Waals surface area (Å²) in [5.41, 5.74) is 0. The van der Waals surface area contributed by atoms with E-state index in [9.17, 15) is 14.7 Å². The summed E-state index contributed by atoms with van der Waals surface area (Å²) in [6.45, 7) is 1.05. The van der Waals surface area contributed by atoms with Gasteiger partial charge in [0.25, 0.3) is 0 Å². The minimum absolute atomic E-state index is 0.0128. The van der Waals surface area contributed by atoms with Gasteiger partial charge in [0.15, 0.2) is 0 Å². The summed E-state index contributed by atoms with van der Waals surface area (Å²) in [5, 5.41) is 9.37. The maximum atomic E-state index is 12.6. The lowest BCUT2D eigenvalue weighted by molar-refractivity contribution is -0.143. The summed E-state index contributed by atoms with van der Waals surface area (Å²) in [5.74, 6) is -0.249. The van der Waals surface area contributed by atoms with Gasteiger partial charge in [-0.1, -0.05) is 0 Å². The van der Waals surface area contributed by atoms with Gasteiger partial charge in [0.1, 0.15) is 0 Å². The quantitative estimate of drug-likeness (QED) is 0.841. The zero-order valence-electron chi connectivity index (χ0n) is 11.5. The predicted molar refractivity (Wildman–Crippen MR) is 69.9 cm³/mol. The van der Waals surface area contributed by atoms with Crippen LogP contribution in [0.25, 0.3) is 0 Å². The van der Waals surface area contributed by atoms with E-state index in [1.54, 1.807) is 0 Å². The number of hydrogen-bond donors (Lipinski definition) is 1. The number of likely N-dealkylation sites (tertiary alicyclic amines) is 1. The van der Waals surface area contributed by atoms with Gasteiger partial charge in [0.05, 0.1) is 24.0 Å². The normalized spacial score (nSPS) is 43.2. The van der Waals surface area contributed by atoms with Gasteiger partial charge in [-0.25, -0.2) is 0 Å². The highest BCUT2D eigenvalue weighted by molar-refractivity contribution is 5.82. The second-order valence-corrected chi connectivity index (χ2v) is 6.91. The molecule has 4 fully saturated rings. The van der Waals surface area contributed by atoms with Gasteiger partial charge in [0.2, 0.25) is 5.91 Å². The van der Waals surface area contributed by atoms with Gasteiger partial charge in [-0.2, -0.15) is 0 Å². The fourth-order valence-electron chi connectivity index (χ4n) is 4.40. The van der Waals surface area contributed by atoms with Crippen LogP contribution in [0.4, 0.5) is 0 Å². The van der Waals surface area contributed by atoms with Crippen LogP contribution in [-0.2, 0) is 14.3 Å². The van der Waals surface area contributed by atoms with Crippen molar-refractivity contribution in [1.82, 2.24) is 4.90 Å². The van der Waals surface area contributed by atoms with E-state index in [0.29, 0.717) is 19.0 Å². The SMILES string of the molecule is O=C(O)[C@H]1CN(C(=O)C2CC3CCC2O3)C[C@@H]1C1CC1. The highest BCUT2D eigenvalue weighted by atomic mass is 16.5. The Labute approximate surface area is 118 Å². The van der Waals surface area contributed by atoms with Gasteiger partial charge in [-0.3, -0.25) is 9.59 Å². The summed E-state index contributed by atoms with van der Waals surface area (Å²) in [4.78, 5) is 25.9. The largest absolute Gasteiger partial charge is 0.481 e. The Morgan fingerprint density at radius 3 is 2.40 bits per heavy atom. The lowest BCUT2D eigenvalue weighted by atomic mass is 9.88. The van der Waals surface area contributed by atoms with Crippen LogP contribution in [0, 0.1) is 23.7 Å². The summed E-state index contributed by atoms with van der Waals surface area (Å²) < 4.78 is 5.76. The molecule has 1 amide bonds. The number of carbonyl (C=O) groups excluding carboxylic acids is 1. The molecule has 1 aliphatic carbocycles. The number of carboxylic acid groups (broad SMARTS) is 1. The molecular formula is C15H21NO4. The maximum absolute atomic E-state index is 12.6. The fourth-order valence-corrected chi connectivity index (χ4v) is 4.40. The van der Waals surface area contributed by atoms with Crippen molar-refractivity contribution in [2.24, 2.45) is 23.7 Å². The summed E-state index contributed by atoms with van der Waals surface area (Å²) in [6, 6.07) is 0. The van der Waals surface area contributed by atoms with Crippen molar-refractivity contribution in [3.05, 3.63) is 0 Å². The molecule has 0 radical (unpaired) electrons. The molecule has 1 saturated carbocycles. The Hall–Kier alpha value is -1.10. The van der Waals surface area contributed by atoms with Gasteiger partial charge in [-0.15, -0.1) is 0 Å². The average Bonchev–Trinajstić information content (AvgIpc) is 2.91. The van der Waals surface area contributed by atoms with Gasteiger partial charge in [0, 0.05) is 13.1 Å². The van der Waals surface area contributed by atoms with Crippen molar-refractivity contribution >= 4 is 11.9 Å². The molecule has 4 rings (SSSR count). The molecule has 4 aliphatic rings. The van der Waals surface area contributed by atoms with Crippen molar-refractivity contribution < 1.29 is 19.4 Å². The Balaban J connectivity index is 1.46. The third-order valence-corrected chi connectivity index (χ3v) is 5.64. The van der Waals surface area contributed by atoms with Crippen LogP contribution in [0.15, 0.2) is 0 Å². The number of hydrogen-bond acceptors (Lipinski definition) is 3. The van der Waals surface area contributed by atoms with Gasteiger partial charge < -0.3 is 14.7 Å². The second kappa shape index (κ2) is 4.45. The van der Waals surface area contributed by atoms with E-state index in [1.807, 2.05) is 4.90 Å². The third kappa shape index (κ3) is 1.94. The van der Waals surface area contributed by atoms with Crippen molar-refractivity contribution in [2.45, 2.75) is 44.3 Å². The van der Waals surface area contributed by atoms with Crippen LogP contribution < -0.4 is 0 Å². The summed E-state index contributed by atoms with van der Waals surface area (Å²) in [6.07, 6.45) is 5.54. The molecule has 2 bridgehead atoms. The zero-order chi connectivity index (χ0) is 13.9. The minimum atomic E-state index is -0.735. The number of ether oxygens (including phenoxy) is 1. The van der Waals surface area contributed by atoms with Crippen molar-refractivity contribution in [3.8, 4) is 0 Å². The molecule has 1 N–H and O–H groups in total. The molecule has 110 valence electrons. The molecule has 5 heteroatoms. The Bertz CT molecular complexity index is 447. The zero-order valence-corrected chi connectivity index (χ0v) is 11.5. The van der Waals surface area contributed by atoms with Crippen LogP contribution in [0.2, 0.25) is 0 Å². The van der Waals surface area contributed by atoms with Crippen molar-refractivity contribution in [3.63, 3.8) is 0 Å². The number of fused-ring (bicyclic) bond motifs is 2. The molecule has 3 saturated heterocycles. The van der Waals surface area contributed by atoms with E-state index in [-0.39, 0.29) is 35.9 Å². The van der Waals surface area contributed by atoms with E-state index < -0.39 is 5.97 Å². The lowest BCUT2D eigenvalue weighted by Crippen LogP contribution is -2.39. The topological polar surface area (TPSA) is 66.8 Å². The Morgan fingerprint density at radius 2 is 1.85 bits per heavy atom. The number of aliphatic carboxylic acids is 1. The standard InChI is InChI=1S/C15H21NO4/c17-14(10-5-9-3-4-13(10)20-9)16-6-11(8-1-2-8)12(7-16)15(18)19/h8-13H,1-7H2,(H,18,19)/t9?,10?,11-,12+,13?/m1/s1. The molecule has 0 aromatic rings. The highest BCUT2D eigenvalue weighted by Gasteiger charge is 2.51. The van der Waals surface area contributed by atoms with Crippen LogP contribution in [-0.4, -0.2) is 47.2 Å². The molecule has 5 nitrogen and oxygen atoms in total. The number of carbonyl (C=O) groups is 2. The third-order valence-electron chi connectivity index (χ3n) is 5.64. The van der Waals surface area contributed by atoms with Gasteiger partial charge in [-0.05, 0) is 43.9 Å². The lowest BCUT2D eigenvalue weighted by Gasteiger charge is -2.24. The fraction of sp³-hybridized carbons (Fsp3) is 0.867. The van der Waals surface area contributed by atoms with E-state index in [0.717, 1.165) is 32.1 Å². The number of nitrogens with zero attached hydrogens (tertiary/aromatic N) is 1. The number of amides is 1. The highest BCUT2D eigenvalue weighted by Crippen LogP contribution is 2.45. The monoisotopic (exact) mass is 279 g/mol. The molecule has 0 aromatic carbocycles. The Kier molecular flexibility index (Phi) is 2.81. The molecule has 5 atom stereocenters. The number of rotatable bonds is 3. The first-order valence-electron chi connectivity index (χ1n) is 7.80. The first-order chi connectivity index (χ1) is 9.63. The van der Waals surface area contributed by atoms with Gasteiger partial charge >= 0.3 is 5.97 Å². The van der Waals surface area contributed by atoms with Crippen molar-refractivity contribution in [2.75, 3.05) is 13.1 Å². The minimum Gasteiger partial charge on any atom is -0.481 e. The van der Waals surface area contributed by atoms with Crippen LogP contribution in [0.3, 0.4) is 0 Å². The van der Waals surface area contributed by atoms with E-state index in [1.165, 1.54) is 0 Å². The molecule has 20 heavy (non-hydrogen) atoms. The summed E-state index contributed by atoms with van der Waals surface area (Å²) in [7, 11) is 0. The molecular weight excluding hydrogens is 258 g/mol. The first kappa shape index (κ1) is 12.6. The first-order valence-corrected chi connectivity index (χ1v) is 7.80. The van der Waals surface area contributed by atoms with Crippen LogP contribution in [0.1, 0.15) is 32.1 Å². The Morgan fingerprint density at radius 1 is 1.05 bits per heavy atom. The van der Waals surface area contributed by atoms with Crippen molar-refractivity contribution in [1.29, 1.82) is 0 Å². The second-order valence-electron chi connectivity index (χ2n) is 6.91. The molecule has 3 aliphatic heterocycles.